The number of aromatic nitrogens is 4. The molecule has 0 amide bonds. The zero-order valence-corrected chi connectivity index (χ0v) is 14.6. The van der Waals surface area contributed by atoms with Crippen molar-refractivity contribution in [2.24, 2.45) is 0 Å². The quantitative estimate of drug-likeness (QED) is 0.555. The normalized spacial score (nSPS) is 21.7. The standard InChI is InChI=1S/C16H17N5O6/c1-4-5-20-10-7-18-15(17)19-13(10)21(16(20)24)14-11(25-8(2)22)6-12(27-14)26-9(3)23/h1,7,11-12,14H,5-6H2,2-3H3,(H2,17,18,19)/t11-,12-,14-/m1/s1. The maximum absolute atomic E-state index is 12.9. The van der Waals surface area contributed by atoms with E-state index in [1.54, 1.807) is 0 Å². The fourth-order valence-corrected chi connectivity index (χ4v) is 2.96. The SMILES string of the molecule is C#CCn1c(=O)n([C@@H]2O[C@@H](OC(C)=O)C[C@H]2OC(C)=O)c2nc(N)ncc21. The van der Waals surface area contributed by atoms with Gasteiger partial charge in [0.05, 0.1) is 19.2 Å². The topological polar surface area (TPSA) is 141 Å². The van der Waals surface area contributed by atoms with Crippen molar-refractivity contribution in [2.75, 3.05) is 5.73 Å². The molecular weight excluding hydrogens is 358 g/mol. The van der Waals surface area contributed by atoms with E-state index in [0.717, 1.165) is 0 Å². The number of carbonyl (C=O) groups excluding carboxylic acids is 2. The number of nitrogens with two attached hydrogens (primary N) is 1. The summed E-state index contributed by atoms with van der Waals surface area (Å²) in [5.74, 6) is 1.17. The molecule has 11 nitrogen and oxygen atoms in total. The monoisotopic (exact) mass is 375 g/mol. The summed E-state index contributed by atoms with van der Waals surface area (Å²) < 4.78 is 18.4. The molecule has 27 heavy (non-hydrogen) atoms. The van der Waals surface area contributed by atoms with Crippen LogP contribution in [0.5, 0.6) is 0 Å². The van der Waals surface area contributed by atoms with Crippen LogP contribution >= 0.6 is 0 Å². The molecule has 1 saturated heterocycles. The summed E-state index contributed by atoms with van der Waals surface area (Å²) in [7, 11) is 0. The van der Waals surface area contributed by atoms with Crippen LogP contribution in [0.4, 0.5) is 5.95 Å². The molecule has 0 aliphatic carbocycles. The van der Waals surface area contributed by atoms with Crippen molar-refractivity contribution >= 4 is 29.1 Å². The first-order valence-electron chi connectivity index (χ1n) is 7.98. The van der Waals surface area contributed by atoms with E-state index >= 15 is 0 Å². The minimum absolute atomic E-state index is 0.0338. The minimum Gasteiger partial charge on any atom is -0.457 e. The molecule has 2 N–H and O–H groups in total. The number of ether oxygens (including phenoxy) is 3. The van der Waals surface area contributed by atoms with Crippen LogP contribution in [0.25, 0.3) is 11.2 Å². The lowest BCUT2D eigenvalue weighted by Gasteiger charge is -2.18. The van der Waals surface area contributed by atoms with Gasteiger partial charge in [-0.1, -0.05) is 5.92 Å². The molecule has 0 spiro atoms. The average Bonchev–Trinajstić information content (AvgIpc) is 3.05. The number of anilines is 1. The number of terminal acetylenes is 1. The summed E-state index contributed by atoms with van der Waals surface area (Å²) in [6.07, 6.45) is 3.80. The molecule has 1 fully saturated rings. The van der Waals surface area contributed by atoms with Crippen LogP contribution in [0.1, 0.15) is 26.5 Å². The number of esters is 2. The van der Waals surface area contributed by atoms with Crippen LogP contribution < -0.4 is 11.4 Å². The highest BCUT2D eigenvalue weighted by molar-refractivity contribution is 5.72. The largest absolute Gasteiger partial charge is 0.457 e. The molecule has 0 unspecified atom stereocenters. The van der Waals surface area contributed by atoms with E-state index in [1.807, 2.05) is 0 Å². The van der Waals surface area contributed by atoms with Gasteiger partial charge in [-0.3, -0.25) is 14.2 Å². The molecule has 3 atom stereocenters. The predicted octanol–water partition coefficient (Wildman–Crippen LogP) is -0.452. The van der Waals surface area contributed by atoms with Crippen LogP contribution in [-0.4, -0.2) is 43.4 Å². The number of hydrogen-bond acceptors (Lipinski definition) is 9. The molecule has 1 aliphatic rings. The molecule has 0 radical (unpaired) electrons. The Morgan fingerprint density at radius 1 is 1.41 bits per heavy atom. The van der Waals surface area contributed by atoms with E-state index in [1.165, 1.54) is 29.2 Å². The van der Waals surface area contributed by atoms with Gasteiger partial charge in [-0.2, -0.15) is 4.98 Å². The van der Waals surface area contributed by atoms with Crippen LogP contribution in [0, 0.1) is 12.3 Å². The highest BCUT2D eigenvalue weighted by Crippen LogP contribution is 2.33. The van der Waals surface area contributed by atoms with Gasteiger partial charge < -0.3 is 19.9 Å². The minimum atomic E-state index is -1.08. The highest BCUT2D eigenvalue weighted by atomic mass is 16.7. The maximum atomic E-state index is 12.9. The Morgan fingerprint density at radius 2 is 2.11 bits per heavy atom. The van der Waals surface area contributed by atoms with Gasteiger partial charge in [-0.15, -0.1) is 6.42 Å². The van der Waals surface area contributed by atoms with Crippen LogP contribution in [0.2, 0.25) is 0 Å². The third-order valence-corrected chi connectivity index (χ3v) is 3.88. The summed E-state index contributed by atoms with van der Waals surface area (Å²) in [5, 5.41) is 0. The first kappa shape index (κ1) is 18.4. The van der Waals surface area contributed by atoms with Gasteiger partial charge >= 0.3 is 17.6 Å². The molecular formula is C16H17N5O6. The summed E-state index contributed by atoms with van der Waals surface area (Å²) >= 11 is 0. The Kier molecular flexibility index (Phi) is 4.83. The van der Waals surface area contributed by atoms with Crippen LogP contribution in [-0.2, 0) is 30.3 Å². The third kappa shape index (κ3) is 3.47. The zero-order valence-electron chi connectivity index (χ0n) is 14.6. The van der Waals surface area contributed by atoms with E-state index in [4.69, 9.17) is 26.4 Å². The molecule has 11 heteroatoms. The number of hydrogen-bond donors (Lipinski definition) is 1. The van der Waals surface area contributed by atoms with Gasteiger partial charge in [0, 0.05) is 13.8 Å². The van der Waals surface area contributed by atoms with Gasteiger partial charge in [0.25, 0.3) is 0 Å². The van der Waals surface area contributed by atoms with E-state index in [-0.39, 0.29) is 24.6 Å². The summed E-state index contributed by atoms with van der Waals surface area (Å²) in [5.41, 5.74) is 5.60. The summed E-state index contributed by atoms with van der Waals surface area (Å²) in [6.45, 7) is 2.41. The van der Waals surface area contributed by atoms with Crippen molar-refractivity contribution in [2.45, 2.75) is 45.4 Å². The zero-order chi connectivity index (χ0) is 19.7. The van der Waals surface area contributed by atoms with Gasteiger partial charge in [0.1, 0.15) is 5.52 Å². The predicted molar refractivity (Wildman–Crippen MR) is 90.9 cm³/mol. The number of nitrogen functional groups attached to an aromatic ring is 1. The lowest BCUT2D eigenvalue weighted by Crippen LogP contribution is -2.33. The number of carbonyl (C=O) groups is 2. The molecule has 0 saturated carbocycles. The summed E-state index contributed by atoms with van der Waals surface area (Å²) in [6, 6.07) is 0. The van der Waals surface area contributed by atoms with E-state index in [9.17, 15) is 14.4 Å². The van der Waals surface area contributed by atoms with Crippen molar-refractivity contribution in [3.63, 3.8) is 0 Å². The van der Waals surface area contributed by atoms with Crippen molar-refractivity contribution in [3.05, 3.63) is 16.7 Å². The van der Waals surface area contributed by atoms with Gasteiger partial charge in [-0.25, -0.2) is 14.3 Å². The lowest BCUT2D eigenvalue weighted by atomic mass is 10.2. The number of fused-ring (bicyclic) bond motifs is 1. The fraction of sp³-hybridized carbons (Fsp3) is 0.438. The van der Waals surface area contributed by atoms with Crippen molar-refractivity contribution < 1.29 is 23.8 Å². The van der Waals surface area contributed by atoms with Gasteiger partial charge in [-0.05, 0) is 0 Å². The van der Waals surface area contributed by atoms with E-state index in [2.05, 4.69) is 15.9 Å². The first-order chi connectivity index (χ1) is 12.8. The second kappa shape index (κ2) is 7.08. The van der Waals surface area contributed by atoms with E-state index in [0.29, 0.717) is 5.52 Å². The van der Waals surface area contributed by atoms with Gasteiger partial charge in [0.15, 0.2) is 18.0 Å². The van der Waals surface area contributed by atoms with Crippen LogP contribution in [0.3, 0.4) is 0 Å². The molecule has 3 rings (SSSR count). The lowest BCUT2D eigenvalue weighted by molar-refractivity contribution is -0.181. The Balaban J connectivity index is 2.13. The van der Waals surface area contributed by atoms with E-state index < -0.39 is 36.3 Å². The molecule has 0 bridgehead atoms. The maximum Gasteiger partial charge on any atom is 0.333 e. The number of rotatable bonds is 4. The molecule has 0 aromatic carbocycles. The second-order valence-corrected chi connectivity index (χ2v) is 5.83. The molecule has 2 aromatic heterocycles. The summed E-state index contributed by atoms with van der Waals surface area (Å²) in [4.78, 5) is 43.6. The Bertz CT molecular complexity index is 1000. The van der Waals surface area contributed by atoms with Crippen molar-refractivity contribution in [1.82, 2.24) is 19.1 Å². The number of imidazole rings is 1. The second-order valence-electron chi connectivity index (χ2n) is 5.83. The number of nitrogens with zero attached hydrogens (tertiary/aromatic N) is 4. The molecule has 2 aromatic rings. The Morgan fingerprint density at radius 3 is 2.74 bits per heavy atom. The molecule has 3 heterocycles. The van der Waals surface area contributed by atoms with Crippen molar-refractivity contribution in [3.8, 4) is 12.3 Å². The Labute approximate surface area is 153 Å². The smallest absolute Gasteiger partial charge is 0.333 e. The van der Waals surface area contributed by atoms with Gasteiger partial charge in [0.2, 0.25) is 12.2 Å². The molecule has 142 valence electrons. The first-order valence-corrected chi connectivity index (χ1v) is 7.98. The average molecular weight is 375 g/mol. The van der Waals surface area contributed by atoms with Crippen LogP contribution in [0.15, 0.2) is 11.0 Å². The fourth-order valence-electron chi connectivity index (χ4n) is 2.96. The van der Waals surface area contributed by atoms with Crippen molar-refractivity contribution in [1.29, 1.82) is 0 Å². The molecule has 1 aliphatic heterocycles. The highest BCUT2D eigenvalue weighted by Gasteiger charge is 2.42. The Hall–Kier alpha value is -3.39. The third-order valence-electron chi connectivity index (χ3n) is 3.88.